The Bertz CT molecular complexity index is 1010. The van der Waals surface area contributed by atoms with Gasteiger partial charge in [0.2, 0.25) is 17.7 Å². The van der Waals surface area contributed by atoms with Gasteiger partial charge in [-0.2, -0.15) is 0 Å². The maximum atomic E-state index is 12.7. The summed E-state index contributed by atoms with van der Waals surface area (Å²) in [6.07, 6.45) is 1.45. The molecule has 2 aromatic carbocycles. The molecule has 2 aromatic rings. The van der Waals surface area contributed by atoms with Crippen molar-refractivity contribution in [3.8, 4) is 11.5 Å². The maximum Gasteiger partial charge on any atom is 0.227 e. The van der Waals surface area contributed by atoms with Crippen LogP contribution in [-0.2, 0) is 14.4 Å². The molecule has 1 N–H and O–H groups in total. The number of hydrogen-bond donors (Lipinski definition) is 1. The molecule has 162 valence electrons. The Balaban J connectivity index is 1.38. The van der Waals surface area contributed by atoms with Crippen LogP contribution in [0.15, 0.2) is 42.5 Å². The number of nitrogens with zero attached hydrogens (tertiary/aromatic N) is 2. The molecule has 8 nitrogen and oxygen atoms in total. The molecule has 8 heteroatoms. The average molecular weight is 423 g/mol. The van der Waals surface area contributed by atoms with E-state index in [0.717, 1.165) is 12.1 Å². The monoisotopic (exact) mass is 423 g/mol. The van der Waals surface area contributed by atoms with Gasteiger partial charge in [0.1, 0.15) is 18.1 Å². The van der Waals surface area contributed by atoms with E-state index in [1.54, 1.807) is 35.1 Å². The van der Waals surface area contributed by atoms with Gasteiger partial charge in [-0.25, -0.2) is 0 Å². The first-order valence-electron chi connectivity index (χ1n) is 10.4. The number of hydrogen-bond acceptors (Lipinski definition) is 5. The third kappa shape index (κ3) is 4.47. The molecule has 0 unspecified atom stereocenters. The summed E-state index contributed by atoms with van der Waals surface area (Å²) < 4.78 is 11.0. The van der Waals surface area contributed by atoms with Crippen molar-refractivity contribution in [2.24, 2.45) is 0 Å². The highest BCUT2D eigenvalue weighted by molar-refractivity contribution is 6.00. The zero-order chi connectivity index (χ0) is 21.8. The Labute approximate surface area is 180 Å². The number of methoxy groups -OCH3 is 1. The molecule has 0 aromatic heterocycles. The molecule has 0 atom stereocenters. The molecule has 2 heterocycles. The molecule has 3 amide bonds. The summed E-state index contributed by atoms with van der Waals surface area (Å²) in [7, 11) is 1.55. The highest BCUT2D eigenvalue weighted by Crippen LogP contribution is 2.34. The van der Waals surface area contributed by atoms with Crippen LogP contribution in [0, 0.1) is 0 Å². The first kappa shape index (κ1) is 20.7. The van der Waals surface area contributed by atoms with Crippen molar-refractivity contribution in [1.82, 2.24) is 0 Å². The fourth-order valence-corrected chi connectivity index (χ4v) is 3.89. The molecule has 0 radical (unpaired) electrons. The van der Waals surface area contributed by atoms with E-state index in [9.17, 15) is 14.4 Å². The number of ether oxygens (including phenoxy) is 2. The quantitative estimate of drug-likeness (QED) is 0.772. The molecule has 0 bridgehead atoms. The van der Waals surface area contributed by atoms with E-state index >= 15 is 0 Å². The van der Waals surface area contributed by atoms with Crippen LogP contribution in [0.1, 0.15) is 25.7 Å². The standard InChI is InChI=1S/C23H25N3O5/c1-30-19-9-8-16(15-18(19)25-12-4-7-22(25)28)24-21(27)10-11-23(29)26-13-14-31-20-6-3-2-5-17(20)26/h2-3,5-6,8-9,15H,4,7,10-14H2,1H3,(H,24,27). The first-order chi connectivity index (χ1) is 15.1. The summed E-state index contributed by atoms with van der Waals surface area (Å²) in [5.74, 6) is 0.907. The number of amides is 3. The molecule has 0 saturated carbocycles. The molecular weight excluding hydrogens is 398 g/mol. The second kappa shape index (κ2) is 9.07. The van der Waals surface area contributed by atoms with Crippen LogP contribution >= 0.6 is 0 Å². The first-order valence-corrected chi connectivity index (χ1v) is 10.4. The van der Waals surface area contributed by atoms with E-state index in [0.29, 0.717) is 49.0 Å². The lowest BCUT2D eigenvalue weighted by Gasteiger charge is -2.29. The SMILES string of the molecule is COc1ccc(NC(=O)CCC(=O)N2CCOc3ccccc32)cc1N1CCCC1=O. The van der Waals surface area contributed by atoms with Gasteiger partial charge < -0.3 is 24.6 Å². The summed E-state index contributed by atoms with van der Waals surface area (Å²) in [6, 6.07) is 12.6. The van der Waals surface area contributed by atoms with Gasteiger partial charge in [-0.05, 0) is 36.8 Å². The minimum absolute atomic E-state index is 0.0400. The number of benzene rings is 2. The van der Waals surface area contributed by atoms with Crippen LogP contribution in [0.25, 0.3) is 0 Å². The van der Waals surface area contributed by atoms with Gasteiger partial charge in [0.05, 0.1) is 25.0 Å². The van der Waals surface area contributed by atoms with Crippen molar-refractivity contribution in [1.29, 1.82) is 0 Å². The van der Waals surface area contributed by atoms with E-state index < -0.39 is 0 Å². The van der Waals surface area contributed by atoms with Crippen molar-refractivity contribution in [2.45, 2.75) is 25.7 Å². The highest BCUT2D eigenvalue weighted by Gasteiger charge is 2.26. The largest absolute Gasteiger partial charge is 0.495 e. The number of rotatable bonds is 6. The molecule has 31 heavy (non-hydrogen) atoms. The zero-order valence-corrected chi connectivity index (χ0v) is 17.4. The fourth-order valence-electron chi connectivity index (χ4n) is 3.89. The number of carbonyl (C=O) groups is 3. The van der Waals surface area contributed by atoms with E-state index in [4.69, 9.17) is 9.47 Å². The zero-order valence-electron chi connectivity index (χ0n) is 17.4. The second-order valence-corrected chi connectivity index (χ2v) is 7.45. The van der Waals surface area contributed by atoms with Crippen LogP contribution in [0.4, 0.5) is 17.1 Å². The Morgan fingerprint density at radius 2 is 1.94 bits per heavy atom. The van der Waals surface area contributed by atoms with E-state index in [2.05, 4.69) is 5.32 Å². The molecular formula is C23H25N3O5. The van der Waals surface area contributed by atoms with Crippen LogP contribution in [0.2, 0.25) is 0 Å². The number of fused-ring (bicyclic) bond motifs is 1. The molecule has 0 spiro atoms. The predicted molar refractivity (Wildman–Crippen MR) is 117 cm³/mol. The molecule has 2 aliphatic heterocycles. The summed E-state index contributed by atoms with van der Waals surface area (Å²) in [6.45, 7) is 1.52. The maximum absolute atomic E-state index is 12.7. The number of anilines is 3. The summed E-state index contributed by atoms with van der Waals surface area (Å²) in [5, 5.41) is 2.82. The summed E-state index contributed by atoms with van der Waals surface area (Å²) >= 11 is 0. The minimum Gasteiger partial charge on any atom is -0.495 e. The fraction of sp³-hybridized carbons (Fsp3) is 0.348. The van der Waals surface area contributed by atoms with Crippen molar-refractivity contribution < 1.29 is 23.9 Å². The molecule has 2 aliphatic rings. The van der Waals surface area contributed by atoms with Crippen molar-refractivity contribution >= 4 is 34.8 Å². The lowest BCUT2D eigenvalue weighted by Crippen LogP contribution is -2.38. The van der Waals surface area contributed by atoms with Gasteiger partial charge in [0.25, 0.3) is 0 Å². The van der Waals surface area contributed by atoms with Gasteiger partial charge in [0, 0.05) is 31.5 Å². The number of nitrogens with one attached hydrogen (secondary N) is 1. The Hall–Kier alpha value is -3.55. The summed E-state index contributed by atoms with van der Waals surface area (Å²) in [5.41, 5.74) is 1.93. The average Bonchev–Trinajstić information content (AvgIpc) is 3.22. The number of carbonyl (C=O) groups excluding carboxylic acids is 3. The third-order valence-electron chi connectivity index (χ3n) is 5.42. The Morgan fingerprint density at radius 1 is 1.10 bits per heavy atom. The van der Waals surface area contributed by atoms with E-state index in [1.807, 2.05) is 24.3 Å². The Kier molecular flexibility index (Phi) is 6.06. The van der Waals surface area contributed by atoms with Crippen LogP contribution in [0.5, 0.6) is 11.5 Å². The Morgan fingerprint density at radius 3 is 2.71 bits per heavy atom. The topological polar surface area (TPSA) is 88.2 Å². The van der Waals surface area contributed by atoms with Gasteiger partial charge >= 0.3 is 0 Å². The normalized spacial score (nSPS) is 15.3. The lowest BCUT2D eigenvalue weighted by molar-refractivity contribution is -0.122. The minimum atomic E-state index is -0.265. The van der Waals surface area contributed by atoms with Gasteiger partial charge in [0.15, 0.2) is 0 Å². The van der Waals surface area contributed by atoms with E-state index in [1.165, 1.54) is 0 Å². The molecule has 0 aliphatic carbocycles. The predicted octanol–water partition coefficient (Wildman–Crippen LogP) is 2.97. The third-order valence-corrected chi connectivity index (χ3v) is 5.42. The van der Waals surface area contributed by atoms with Crippen LogP contribution in [0.3, 0.4) is 0 Å². The number of para-hydroxylation sites is 2. The second-order valence-electron chi connectivity index (χ2n) is 7.45. The molecule has 1 fully saturated rings. The van der Waals surface area contributed by atoms with Crippen molar-refractivity contribution in [3.63, 3.8) is 0 Å². The van der Waals surface area contributed by atoms with Gasteiger partial charge in [-0.15, -0.1) is 0 Å². The van der Waals surface area contributed by atoms with Crippen LogP contribution in [-0.4, -0.2) is 44.5 Å². The molecule has 1 saturated heterocycles. The highest BCUT2D eigenvalue weighted by atomic mass is 16.5. The van der Waals surface area contributed by atoms with Crippen LogP contribution < -0.4 is 24.6 Å². The smallest absolute Gasteiger partial charge is 0.227 e. The van der Waals surface area contributed by atoms with Crippen molar-refractivity contribution in [3.05, 3.63) is 42.5 Å². The van der Waals surface area contributed by atoms with Gasteiger partial charge in [-0.3, -0.25) is 14.4 Å². The van der Waals surface area contributed by atoms with Crippen molar-refractivity contribution in [2.75, 3.05) is 41.9 Å². The van der Waals surface area contributed by atoms with Gasteiger partial charge in [-0.1, -0.05) is 12.1 Å². The lowest BCUT2D eigenvalue weighted by atomic mass is 10.2. The molecule has 4 rings (SSSR count). The van der Waals surface area contributed by atoms with E-state index in [-0.39, 0.29) is 30.6 Å². The summed E-state index contributed by atoms with van der Waals surface area (Å²) in [4.78, 5) is 40.6.